The number of carbonyl (C=O) groups is 2. The summed E-state index contributed by atoms with van der Waals surface area (Å²) in [5, 5.41) is 0. The molecule has 13 heavy (non-hydrogen) atoms. The van der Waals surface area contributed by atoms with Crippen molar-refractivity contribution in [2.45, 2.75) is 12.8 Å². The van der Waals surface area contributed by atoms with Gasteiger partial charge in [-0.15, -0.1) is 0 Å². The van der Waals surface area contributed by atoms with Crippen LogP contribution in [0.1, 0.15) is 12.8 Å². The molecule has 0 saturated carbocycles. The van der Waals surface area contributed by atoms with E-state index in [0.717, 1.165) is 12.8 Å². The number of hydrogen-bond acceptors (Lipinski definition) is 2. The molecule has 3 nitrogen and oxygen atoms in total. The molecule has 0 aromatic heterocycles. The highest BCUT2D eigenvalue weighted by atomic mass is 16.2. The second-order valence-electron chi connectivity index (χ2n) is 3.16. The Morgan fingerprint density at radius 3 is 2.69 bits per heavy atom. The maximum absolute atomic E-state index is 11.5. The largest absolute Gasteiger partial charge is 0.345 e. The van der Waals surface area contributed by atoms with E-state index in [9.17, 15) is 9.59 Å². The van der Waals surface area contributed by atoms with Gasteiger partial charge in [-0.25, -0.2) is 0 Å². The number of allylic oxidation sites excluding steroid dienone is 3. The lowest BCUT2D eigenvalue weighted by atomic mass is 10.1. The molecule has 1 aliphatic carbocycles. The Bertz CT molecular complexity index is 287. The van der Waals surface area contributed by atoms with Crippen molar-refractivity contribution in [1.82, 2.24) is 4.90 Å². The highest BCUT2D eigenvalue weighted by molar-refractivity contribution is 6.23. The van der Waals surface area contributed by atoms with Crippen LogP contribution in [0.15, 0.2) is 23.8 Å². The number of likely N-dealkylation sites (N-methyl/N-ethyl adjacent to an activating group) is 1. The summed E-state index contributed by atoms with van der Waals surface area (Å²) in [6, 6.07) is 0. The number of nitrogens with zero attached hydrogens (tertiary/aromatic N) is 1. The van der Waals surface area contributed by atoms with Crippen molar-refractivity contribution in [2.75, 3.05) is 14.1 Å². The second-order valence-corrected chi connectivity index (χ2v) is 3.16. The third-order valence-electron chi connectivity index (χ3n) is 1.85. The van der Waals surface area contributed by atoms with E-state index in [4.69, 9.17) is 0 Å². The average Bonchev–Trinajstić information content (AvgIpc) is 2.28. The van der Waals surface area contributed by atoms with E-state index < -0.39 is 0 Å². The van der Waals surface area contributed by atoms with Gasteiger partial charge in [-0.3, -0.25) is 9.59 Å². The number of carbonyl (C=O) groups excluding carboxylic acids is 2. The van der Waals surface area contributed by atoms with Crippen molar-refractivity contribution < 1.29 is 9.59 Å². The molecule has 0 unspecified atom stereocenters. The Morgan fingerprint density at radius 2 is 2.08 bits per heavy atom. The summed E-state index contributed by atoms with van der Waals surface area (Å²) in [6.07, 6.45) is 6.58. The lowest BCUT2D eigenvalue weighted by Crippen LogP contribution is -2.26. The maximum Gasteiger partial charge on any atom is 0.256 e. The van der Waals surface area contributed by atoms with Gasteiger partial charge in [0.2, 0.25) is 0 Å². The van der Waals surface area contributed by atoms with E-state index in [1.165, 1.54) is 11.0 Å². The van der Waals surface area contributed by atoms with Gasteiger partial charge in [0.05, 0.1) is 5.57 Å². The van der Waals surface area contributed by atoms with Crippen LogP contribution in [0.2, 0.25) is 0 Å². The summed E-state index contributed by atoms with van der Waals surface area (Å²) in [4.78, 5) is 24.2. The molecule has 0 heterocycles. The van der Waals surface area contributed by atoms with Crippen LogP contribution in [-0.4, -0.2) is 30.7 Å². The maximum atomic E-state index is 11.5. The first-order valence-electron chi connectivity index (χ1n) is 4.25. The van der Waals surface area contributed by atoms with E-state index in [-0.39, 0.29) is 11.7 Å². The van der Waals surface area contributed by atoms with Crippen LogP contribution in [0, 0.1) is 0 Å². The molecule has 0 bridgehead atoms. The molecular weight excluding hydrogens is 166 g/mol. The normalized spacial score (nSPS) is 16.5. The summed E-state index contributed by atoms with van der Waals surface area (Å²) in [5.41, 5.74) is 0.291. The molecule has 3 heteroatoms. The van der Waals surface area contributed by atoms with Gasteiger partial charge in [0.25, 0.3) is 5.91 Å². The summed E-state index contributed by atoms with van der Waals surface area (Å²) in [7, 11) is 3.29. The summed E-state index contributed by atoms with van der Waals surface area (Å²) >= 11 is 0. The first-order chi connectivity index (χ1) is 6.13. The molecule has 0 radical (unpaired) electrons. The molecule has 0 atom stereocenters. The Kier molecular flexibility index (Phi) is 3.01. The lowest BCUT2D eigenvalue weighted by molar-refractivity contribution is -0.126. The molecule has 70 valence electrons. The fourth-order valence-corrected chi connectivity index (χ4v) is 1.14. The Hall–Kier alpha value is -1.38. The monoisotopic (exact) mass is 179 g/mol. The number of hydrogen-bond donors (Lipinski definition) is 0. The van der Waals surface area contributed by atoms with E-state index in [1.807, 2.05) is 0 Å². The molecule has 0 fully saturated rings. The van der Waals surface area contributed by atoms with Crippen LogP contribution >= 0.6 is 0 Å². The van der Waals surface area contributed by atoms with Gasteiger partial charge in [0, 0.05) is 14.1 Å². The van der Waals surface area contributed by atoms with Crippen LogP contribution in [-0.2, 0) is 9.59 Å². The van der Waals surface area contributed by atoms with Crippen LogP contribution < -0.4 is 0 Å². The molecule has 0 saturated heterocycles. The quantitative estimate of drug-likeness (QED) is 0.561. The zero-order valence-electron chi connectivity index (χ0n) is 7.91. The van der Waals surface area contributed by atoms with E-state index >= 15 is 0 Å². The van der Waals surface area contributed by atoms with Crippen LogP contribution in [0.4, 0.5) is 0 Å². The molecular formula is C10H13NO2. The predicted molar refractivity (Wildman–Crippen MR) is 50.2 cm³/mol. The van der Waals surface area contributed by atoms with E-state index in [1.54, 1.807) is 26.2 Å². The van der Waals surface area contributed by atoms with Gasteiger partial charge >= 0.3 is 0 Å². The van der Waals surface area contributed by atoms with E-state index in [2.05, 4.69) is 0 Å². The Labute approximate surface area is 77.7 Å². The van der Waals surface area contributed by atoms with Gasteiger partial charge in [0.15, 0.2) is 5.78 Å². The summed E-state index contributed by atoms with van der Waals surface area (Å²) in [5.74, 6) is -0.396. The SMILES string of the molecule is CN(C)C(=O)C1=CCCC=CC1=O. The summed E-state index contributed by atoms with van der Waals surface area (Å²) in [6.45, 7) is 0. The molecule has 1 rings (SSSR count). The average molecular weight is 179 g/mol. The number of amides is 1. The minimum atomic E-state index is -0.212. The van der Waals surface area contributed by atoms with Crippen molar-refractivity contribution in [1.29, 1.82) is 0 Å². The Balaban J connectivity index is 2.89. The minimum absolute atomic E-state index is 0.184. The van der Waals surface area contributed by atoms with Gasteiger partial charge in [0.1, 0.15) is 0 Å². The first-order valence-corrected chi connectivity index (χ1v) is 4.25. The molecule has 1 amide bonds. The zero-order valence-corrected chi connectivity index (χ0v) is 7.91. The number of rotatable bonds is 1. The molecule has 0 aromatic rings. The lowest BCUT2D eigenvalue weighted by Gasteiger charge is -2.10. The fraction of sp³-hybridized carbons (Fsp3) is 0.400. The smallest absolute Gasteiger partial charge is 0.256 e. The molecule has 0 aromatic carbocycles. The first kappa shape index (κ1) is 9.71. The van der Waals surface area contributed by atoms with Gasteiger partial charge < -0.3 is 4.90 Å². The van der Waals surface area contributed by atoms with Crippen molar-refractivity contribution >= 4 is 11.7 Å². The van der Waals surface area contributed by atoms with Crippen molar-refractivity contribution in [3.8, 4) is 0 Å². The molecule has 0 spiro atoms. The van der Waals surface area contributed by atoms with Crippen LogP contribution in [0.3, 0.4) is 0 Å². The third kappa shape index (κ3) is 2.28. The van der Waals surface area contributed by atoms with Gasteiger partial charge in [-0.2, -0.15) is 0 Å². The van der Waals surface area contributed by atoms with Crippen molar-refractivity contribution in [3.05, 3.63) is 23.8 Å². The highest BCUT2D eigenvalue weighted by Crippen LogP contribution is 2.09. The second kappa shape index (κ2) is 4.03. The molecule has 1 aliphatic rings. The van der Waals surface area contributed by atoms with Crippen LogP contribution in [0.5, 0.6) is 0 Å². The minimum Gasteiger partial charge on any atom is -0.345 e. The molecule has 0 aliphatic heterocycles. The third-order valence-corrected chi connectivity index (χ3v) is 1.85. The standard InChI is InChI=1S/C10H13NO2/c1-11(2)10(13)8-6-4-3-5-7-9(8)12/h5-7H,3-4H2,1-2H3. The predicted octanol–water partition coefficient (Wildman–Crippen LogP) is 0.920. The zero-order chi connectivity index (χ0) is 9.84. The van der Waals surface area contributed by atoms with E-state index in [0.29, 0.717) is 5.57 Å². The van der Waals surface area contributed by atoms with Crippen LogP contribution in [0.25, 0.3) is 0 Å². The topological polar surface area (TPSA) is 37.4 Å². The van der Waals surface area contributed by atoms with Crippen molar-refractivity contribution in [3.63, 3.8) is 0 Å². The number of ketones is 1. The Morgan fingerprint density at radius 1 is 1.38 bits per heavy atom. The molecule has 0 N–H and O–H groups in total. The highest BCUT2D eigenvalue weighted by Gasteiger charge is 2.17. The van der Waals surface area contributed by atoms with Gasteiger partial charge in [-0.05, 0) is 18.9 Å². The van der Waals surface area contributed by atoms with Crippen molar-refractivity contribution in [2.24, 2.45) is 0 Å². The van der Waals surface area contributed by atoms with Gasteiger partial charge in [-0.1, -0.05) is 12.2 Å². The summed E-state index contributed by atoms with van der Waals surface area (Å²) < 4.78 is 0. The fourth-order valence-electron chi connectivity index (χ4n) is 1.14.